The lowest BCUT2D eigenvalue weighted by Crippen LogP contribution is -2.54. The van der Waals surface area contributed by atoms with E-state index in [1.807, 2.05) is 49.4 Å². The molecule has 7 nitrogen and oxygen atoms in total. The van der Waals surface area contributed by atoms with Gasteiger partial charge in [0.25, 0.3) is 10.0 Å². The summed E-state index contributed by atoms with van der Waals surface area (Å²) in [6, 6.07) is 29.1. The van der Waals surface area contributed by atoms with Gasteiger partial charge >= 0.3 is 0 Å². The lowest BCUT2D eigenvalue weighted by Gasteiger charge is -2.34. The Hall–Kier alpha value is -3.66. The van der Waals surface area contributed by atoms with Crippen molar-refractivity contribution in [1.29, 1.82) is 0 Å². The molecule has 5 rings (SSSR count). The molecule has 0 aromatic heterocycles. The second-order valence-corrected chi connectivity index (χ2v) is 14.8. The predicted molar refractivity (Wildman–Crippen MR) is 186 cm³/mol. The van der Waals surface area contributed by atoms with E-state index in [1.165, 1.54) is 17.0 Å². The summed E-state index contributed by atoms with van der Waals surface area (Å²) < 4.78 is 30.2. The molecule has 0 saturated heterocycles. The van der Waals surface area contributed by atoms with Gasteiger partial charge in [-0.25, -0.2) is 8.42 Å². The Labute approximate surface area is 284 Å². The van der Waals surface area contributed by atoms with E-state index in [4.69, 9.17) is 11.6 Å². The van der Waals surface area contributed by atoms with E-state index in [0.717, 1.165) is 41.1 Å². The van der Waals surface area contributed by atoms with E-state index in [9.17, 15) is 18.0 Å². The third-order valence-corrected chi connectivity index (χ3v) is 10.9. The molecule has 10 heteroatoms. The molecule has 1 aliphatic rings. The summed E-state index contributed by atoms with van der Waals surface area (Å²) in [7, 11) is -4.18. The van der Waals surface area contributed by atoms with Crippen LogP contribution >= 0.6 is 27.5 Å². The quantitative estimate of drug-likeness (QED) is 0.166. The van der Waals surface area contributed by atoms with Crippen LogP contribution < -0.4 is 9.62 Å². The highest BCUT2D eigenvalue weighted by atomic mass is 79.9. The highest BCUT2D eigenvalue weighted by Gasteiger charge is 2.35. The molecular formula is C36H37BrClN3O4S. The largest absolute Gasteiger partial charge is 0.352 e. The first kappa shape index (κ1) is 33.7. The number of hydrogen-bond acceptors (Lipinski definition) is 4. The second kappa shape index (κ2) is 15.3. The van der Waals surface area contributed by atoms with Crippen LogP contribution in [0.25, 0.3) is 0 Å². The van der Waals surface area contributed by atoms with Crippen molar-refractivity contribution in [1.82, 2.24) is 10.2 Å². The third-order valence-electron chi connectivity index (χ3n) is 8.26. The molecule has 4 aromatic carbocycles. The average Bonchev–Trinajstić information content (AvgIpc) is 3.56. The van der Waals surface area contributed by atoms with Crippen molar-refractivity contribution in [2.45, 2.75) is 62.6 Å². The van der Waals surface area contributed by atoms with Gasteiger partial charge in [-0.05, 0) is 67.3 Å². The predicted octanol–water partition coefficient (Wildman–Crippen LogP) is 7.31. The summed E-state index contributed by atoms with van der Waals surface area (Å²) in [4.78, 5) is 30.3. The topological polar surface area (TPSA) is 86.8 Å². The van der Waals surface area contributed by atoms with Gasteiger partial charge in [0, 0.05) is 28.5 Å². The normalized spacial score (nSPS) is 14.1. The Balaban J connectivity index is 1.57. The molecule has 1 atom stereocenters. The number of carbonyl (C=O) groups excluding carboxylic acids is 2. The van der Waals surface area contributed by atoms with Gasteiger partial charge in [0.1, 0.15) is 12.6 Å². The van der Waals surface area contributed by atoms with Crippen LogP contribution in [0, 0.1) is 6.92 Å². The van der Waals surface area contributed by atoms with Crippen LogP contribution in [0.5, 0.6) is 0 Å². The van der Waals surface area contributed by atoms with E-state index in [0.29, 0.717) is 20.7 Å². The van der Waals surface area contributed by atoms with Gasteiger partial charge in [0.05, 0.1) is 10.6 Å². The molecule has 0 spiro atoms. The fourth-order valence-electron chi connectivity index (χ4n) is 5.73. The highest BCUT2D eigenvalue weighted by Crippen LogP contribution is 2.28. The molecule has 1 fully saturated rings. The number of carbonyl (C=O) groups is 2. The molecule has 4 aromatic rings. The Morgan fingerprint density at radius 1 is 0.913 bits per heavy atom. The Bertz CT molecular complexity index is 1760. The molecule has 1 saturated carbocycles. The van der Waals surface area contributed by atoms with Gasteiger partial charge in [-0.15, -0.1) is 0 Å². The maximum atomic E-state index is 14.6. The first-order chi connectivity index (χ1) is 22.1. The molecular weight excluding hydrogens is 686 g/mol. The minimum Gasteiger partial charge on any atom is -0.352 e. The molecule has 1 N–H and O–H groups in total. The molecule has 0 radical (unpaired) electrons. The molecule has 240 valence electrons. The molecule has 0 heterocycles. The fraction of sp³-hybridized carbons (Fsp3) is 0.278. The summed E-state index contributed by atoms with van der Waals surface area (Å²) in [6.45, 7) is 1.37. The van der Waals surface area contributed by atoms with Gasteiger partial charge in [0.2, 0.25) is 11.8 Å². The van der Waals surface area contributed by atoms with Gasteiger partial charge in [-0.3, -0.25) is 13.9 Å². The Morgan fingerprint density at radius 2 is 1.59 bits per heavy atom. The second-order valence-electron chi connectivity index (χ2n) is 11.6. The maximum absolute atomic E-state index is 14.6. The lowest BCUT2D eigenvalue weighted by atomic mass is 10.0. The van der Waals surface area contributed by atoms with Crippen molar-refractivity contribution >= 4 is 55.1 Å². The van der Waals surface area contributed by atoms with E-state index in [2.05, 4.69) is 21.2 Å². The highest BCUT2D eigenvalue weighted by molar-refractivity contribution is 9.10. The summed E-state index contributed by atoms with van der Waals surface area (Å²) in [5.74, 6) is -0.801. The molecule has 0 bridgehead atoms. The monoisotopic (exact) mass is 721 g/mol. The number of sulfonamides is 1. The fourth-order valence-corrected chi connectivity index (χ4v) is 7.72. The average molecular weight is 723 g/mol. The van der Waals surface area contributed by atoms with Crippen LogP contribution in [0.15, 0.2) is 112 Å². The standard InChI is InChI=1S/C36H37BrClN3O4S/c1-26-18-20-32(21-19-26)46(44,45)41(31-16-9-13-29(37)23-31)25-35(42)40(24-28-12-5-8-17-33(28)38)34(22-27-10-3-2-4-11-27)36(43)39-30-14-6-7-15-30/h2-5,8-13,16-21,23,30,34H,6-7,14-15,22,24-25H2,1H3,(H,39,43)/t34-/m1/s1. The summed E-state index contributed by atoms with van der Waals surface area (Å²) >= 11 is 10.0. The summed E-state index contributed by atoms with van der Waals surface area (Å²) in [5, 5.41) is 3.64. The number of benzene rings is 4. The maximum Gasteiger partial charge on any atom is 0.264 e. The minimum absolute atomic E-state index is 0.0188. The summed E-state index contributed by atoms with van der Waals surface area (Å²) in [5.41, 5.74) is 2.75. The SMILES string of the molecule is Cc1ccc(S(=O)(=O)N(CC(=O)N(Cc2ccccc2Cl)[C@H](Cc2ccccc2)C(=O)NC2CCCC2)c2cccc(Br)c2)cc1. The number of aryl methyl sites for hydroxylation is 1. The number of halogens is 2. The van der Waals surface area contributed by atoms with Crippen molar-refractivity contribution in [2.24, 2.45) is 0 Å². The van der Waals surface area contributed by atoms with Crippen LogP contribution in [0.3, 0.4) is 0 Å². The summed E-state index contributed by atoms with van der Waals surface area (Å²) in [6.07, 6.45) is 4.09. The zero-order chi connectivity index (χ0) is 32.7. The van der Waals surface area contributed by atoms with Crippen LogP contribution in [-0.2, 0) is 32.6 Å². The van der Waals surface area contributed by atoms with E-state index >= 15 is 0 Å². The number of nitrogens with one attached hydrogen (secondary N) is 1. The van der Waals surface area contributed by atoms with Crippen molar-refractivity contribution in [2.75, 3.05) is 10.8 Å². The molecule has 2 amide bonds. The van der Waals surface area contributed by atoms with Gasteiger partial charge in [-0.1, -0.05) is 113 Å². The van der Waals surface area contributed by atoms with Gasteiger partial charge in [0.15, 0.2) is 0 Å². The molecule has 0 aliphatic heterocycles. The molecule has 0 unspecified atom stereocenters. The number of nitrogens with zero attached hydrogens (tertiary/aromatic N) is 2. The molecule has 1 aliphatic carbocycles. The van der Waals surface area contributed by atoms with Crippen molar-refractivity contribution in [3.8, 4) is 0 Å². The van der Waals surface area contributed by atoms with Crippen LogP contribution in [-0.4, -0.2) is 43.8 Å². The van der Waals surface area contributed by atoms with E-state index in [-0.39, 0.29) is 29.8 Å². The number of amides is 2. The Kier molecular flexibility index (Phi) is 11.2. The van der Waals surface area contributed by atoms with Crippen LogP contribution in [0.4, 0.5) is 5.69 Å². The van der Waals surface area contributed by atoms with Crippen LogP contribution in [0.1, 0.15) is 42.4 Å². The zero-order valence-electron chi connectivity index (χ0n) is 25.6. The smallest absolute Gasteiger partial charge is 0.264 e. The van der Waals surface area contributed by atoms with E-state index < -0.39 is 28.5 Å². The van der Waals surface area contributed by atoms with Crippen LogP contribution in [0.2, 0.25) is 5.02 Å². The van der Waals surface area contributed by atoms with Crippen molar-refractivity contribution in [3.05, 3.63) is 129 Å². The lowest BCUT2D eigenvalue weighted by molar-refractivity contribution is -0.140. The first-order valence-electron chi connectivity index (χ1n) is 15.3. The number of hydrogen-bond donors (Lipinski definition) is 1. The van der Waals surface area contributed by atoms with E-state index in [1.54, 1.807) is 48.5 Å². The minimum atomic E-state index is -4.18. The Morgan fingerprint density at radius 3 is 2.26 bits per heavy atom. The zero-order valence-corrected chi connectivity index (χ0v) is 28.8. The van der Waals surface area contributed by atoms with Crippen molar-refractivity contribution in [3.63, 3.8) is 0 Å². The molecule has 46 heavy (non-hydrogen) atoms. The van der Waals surface area contributed by atoms with Gasteiger partial charge < -0.3 is 10.2 Å². The number of anilines is 1. The first-order valence-corrected chi connectivity index (χ1v) is 17.9. The number of rotatable bonds is 12. The van der Waals surface area contributed by atoms with Gasteiger partial charge in [-0.2, -0.15) is 0 Å². The van der Waals surface area contributed by atoms with Crippen molar-refractivity contribution < 1.29 is 18.0 Å². The third kappa shape index (κ3) is 8.37.